The molecule has 0 amide bonds. The molecule has 1 aliphatic heterocycles. The summed E-state index contributed by atoms with van der Waals surface area (Å²) < 4.78 is 31.6. The lowest BCUT2D eigenvalue weighted by Crippen LogP contribution is -2.47. The van der Waals surface area contributed by atoms with Crippen molar-refractivity contribution < 1.29 is 13.3 Å². The van der Waals surface area contributed by atoms with E-state index < -0.39 is 16.6 Å². The van der Waals surface area contributed by atoms with Gasteiger partial charge in [0, 0.05) is 24.8 Å². The van der Waals surface area contributed by atoms with Crippen LogP contribution in [-0.2, 0) is 15.5 Å². The van der Waals surface area contributed by atoms with Crippen LogP contribution in [0.5, 0.6) is 0 Å². The SMILES string of the molecule is CC(C)N1CCOC(CS(=O)c2ccc(N)cc2F)C1. The molecule has 6 heteroatoms. The molecule has 20 heavy (non-hydrogen) atoms. The van der Waals surface area contributed by atoms with Crippen LogP contribution in [0.25, 0.3) is 0 Å². The van der Waals surface area contributed by atoms with Gasteiger partial charge in [0.05, 0.1) is 34.2 Å². The number of ether oxygens (including phenoxy) is 1. The Morgan fingerprint density at radius 3 is 2.95 bits per heavy atom. The maximum atomic E-state index is 13.7. The average molecular weight is 300 g/mol. The van der Waals surface area contributed by atoms with Crippen LogP contribution in [0.3, 0.4) is 0 Å². The predicted molar refractivity (Wildman–Crippen MR) is 78.5 cm³/mol. The van der Waals surface area contributed by atoms with Crippen LogP contribution in [-0.4, -0.2) is 46.7 Å². The maximum absolute atomic E-state index is 13.7. The van der Waals surface area contributed by atoms with Gasteiger partial charge in [-0.3, -0.25) is 9.11 Å². The molecule has 0 aromatic heterocycles. The van der Waals surface area contributed by atoms with Crippen molar-refractivity contribution in [3.05, 3.63) is 24.0 Å². The minimum atomic E-state index is -1.41. The highest BCUT2D eigenvalue weighted by Crippen LogP contribution is 2.18. The van der Waals surface area contributed by atoms with Crippen molar-refractivity contribution in [1.29, 1.82) is 0 Å². The first-order chi connectivity index (χ1) is 9.47. The second-order valence-electron chi connectivity index (χ2n) is 5.28. The summed E-state index contributed by atoms with van der Waals surface area (Å²) in [6.45, 7) is 6.50. The lowest BCUT2D eigenvalue weighted by Gasteiger charge is -2.35. The highest BCUT2D eigenvalue weighted by Gasteiger charge is 2.25. The number of hydrogen-bond donors (Lipinski definition) is 1. The average Bonchev–Trinajstić information content (AvgIpc) is 2.38. The van der Waals surface area contributed by atoms with E-state index in [0.717, 1.165) is 13.1 Å². The Morgan fingerprint density at radius 1 is 1.55 bits per heavy atom. The van der Waals surface area contributed by atoms with E-state index in [1.54, 1.807) is 6.07 Å². The third-order valence-electron chi connectivity index (χ3n) is 3.44. The van der Waals surface area contributed by atoms with Crippen LogP contribution in [0, 0.1) is 5.82 Å². The molecule has 2 unspecified atom stereocenters. The molecule has 2 atom stereocenters. The molecular weight excluding hydrogens is 279 g/mol. The lowest BCUT2D eigenvalue weighted by atomic mass is 10.2. The third kappa shape index (κ3) is 3.77. The van der Waals surface area contributed by atoms with Crippen LogP contribution in [0.2, 0.25) is 0 Å². The number of nitrogens with zero attached hydrogens (tertiary/aromatic N) is 1. The Morgan fingerprint density at radius 2 is 2.30 bits per heavy atom. The molecule has 4 nitrogen and oxygen atoms in total. The maximum Gasteiger partial charge on any atom is 0.141 e. The molecular formula is C14H21FN2O2S. The minimum Gasteiger partial charge on any atom is -0.399 e. The number of nitrogens with two attached hydrogens (primary N) is 1. The Hall–Kier alpha value is -0.980. The number of halogens is 1. The monoisotopic (exact) mass is 300 g/mol. The van der Waals surface area contributed by atoms with Gasteiger partial charge in [-0.15, -0.1) is 0 Å². The zero-order valence-corrected chi connectivity index (χ0v) is 12.7. The molecule has 0 spiro atoms. The first-order valence-electron chi connectivity index (χ1n) is 6.76. The van der Waals surface area contributed by atoms with Gasteiger partial charge in [-0.2, -0.15) is 0 Å². The van der Waals surface area contributed by atoms with E-state index in [9.17, 15) is 8.60 Å². The molecule has 1 aliphatic rings. The number of rotatable bonds is 4. The number of benzene rings is 1. The van der Waals surface area contributed by atoms with E-state index in [-0.39, 0.29) is 11.0 Å². The van der Waals surface area contributed by atoms with Gasteiger partial charge in [0.2, 0.25) is 0 Å². The first kappa shape index (κ1) is 15.4. The largest absolute Gasteiger partial charge is 0.399 e. The zero-order valence-electron chi connectivity index (χ0n) is 11.8. The van der Waals surface area contributed by atoms with Gasteiger partial charge in [0.15, 0.2) is 0 Å². The number of hydrogen-bond acceptors (Lipinski definition) is 4. The lowest BCUT2D eigenvalue weighted by molar-refractivity contribution is -0.0269. The number of nitrogen functional groups attached to an aromatic ring is 1. The van der Waals surface area contributed by atoms with E-state index in [1.165, 1.54) is 12.1 Å². The summed E-state index contributed by atoms with van der Waals surface area (Å²) >= 11 is 0. The molecule has 1 aromatic rings. The quantitative estimate of drug-likeness (QED) is 0.859. The summed E-state index contributed by atoms with van der Waals surface area (Å²) in [6, 6.07) is 4.69. The molecule has 1 fully saturated rings. The summed E-state index contributed by atoms with van der Waals surface area (Å²) in [7, 11) is -1.41. The van der Waals surface area contributed by atoms with Crippen molar-refractivity contribution in [2.75, 3.05) is 31.2 Å². The molecule has 0 aliphatic carbocycles. The van der Waals surface area contributed by atoms with Crippen LogP contribution in [0.15, 0.2) is 23.1 Å². The van der Waals surface area contributed by atoms with Gasteiger partial charge >= 0.3 is 0 Å². The molecule has 0 saturated carbocycles. The van der Waals surface area contributed by atoms with Crippen molar-refractivity contribution in [3.63, 3.8) is 0 Å². The molecule has 0 radical (unpaired) electrons. The van der Waals surface area contributed by atoms with Gasteiger partial charge in [0.25, 0.3) is 0 Å². The van der Waals surface area contributed by atoms with Gasteiger partial charge in [-0.1, -0.05) is 0 Å². The molecule has 2 rings (SSSR count). The molecule has 112 valence electrons. The van der Waals surface area contributed by atoms with E-state index in [0.29, 0.717) is 24.1 Å². The summed E-state index contributed by atoms with van der Waals surface area (Å²) in [5.41, 5.74) is 5.83. The second kappa shape index (κ2) is 6.65. The highest BCUT2D eigenvalue weighted by atomic mass is 32.2. The Balaban J connectivity index is 2.00. The second-order valence-corrected chi connectivity index (χ2v) is 6.75. The zero-order chi connectivity index (χ0) is 14.7. The van der Waals surface area contributed by atoms with Gasteiger partial charge in [-0.25, -0.2) is 4.39 Å². The van der Waals surface area contributed by atoms with Gasteiger partial charge in [0.1, 0.15) is 5.82 Å². The van der Waals surface area contributed by atoms with E-state index >= 15 is 0 Å². The smallest absolute Gasteiger partial charge is 0.141 e. The summed E-state index contributed by atoms with van der Waals surface area (Å²) in [5.74, 6) is -0.204. The molecule has 1 aromatic carbocycles. The minimum absolute atomic E-state index is 0.121. The molecule has 0 bridgehead atoms. The fourth-order valence-corrected chi connectivity index (χ4v) is 3.49. The van der Waals surface area contributed by atoms with Crippen molar-refractivity contribution in [2.45, 2.75) is 30.9 Å². The van der Waals surface area contributed by atoms with Crippen LogP contribution in [0.1, 0.15) is 13.8 Å². The Labute approximate surface area is 121 Å². The van der Waals surface area contributed by atoms with Gasteiger partial charge in [-0.05, 0) is 32.0 Å². The number of morpholine rings is 1. The van der Waals surface area contributed by atoms with E-state index in [2.05, 4.69) is 18.7 Å². The highest BCUT2D eigenvalue weighted by molar-refractivity contribution is 7.85. The summed E-state index contributed by atoms with van der Waals surface area (Å²) in [6.07, 6.45) is -0.121. The summed E-state index contributed by atoms with van der Waals surface area (Å²) in [5, 5.41) is 0. The van der Waals surface area contributed by atoms with E-state index in [1.807, 2.05) is 0 Å². The van der Waals surface area contributed by atoms with Crippen LogP contribution in [0.4, 0.5) is 10.1 Å². The standard InChI is InChI=1S/C14H21FN2O2S/c1-10(2)17-5-6-19-12(8-17)9-20(18)14-4-3-11(16)7-13(14)15/h3-4,7,10,12H,5-6,8-9,16H2,1-2H3. The molecule has 1 heterocycles. The van der Waals surface area contributed by atoms with Crippen molar-refractivity contribution in [3.8, 4) is 0 Å². The molecule has 1 saturated heterocycles. The Bertz CT molecular complexity index is 496. The van der Waals surface area contributed by atoms with E-state index in [4.69, 9.17) is 10.5 Å². The fourth-order valence-electron chi connectivity index (χ4n) is 2.27. The number of anilines is 1. The predicted octanol–water partition coefficient (Wildman–Crippen LogP) is 1.62. The van der Waals surface area contributed by atoms with Gasteiger partial charge < -0.3 is 10.5 Å². The Kier molecular flexibility index (Phi) is 5.12. The first-order valence-corrected chi connectivity index (χ1v) is 8.08. The van der Waals surface area contributed by atoms with Crippen molar-refractivity contribution in [2.24, 2.45) is 0 Å². The third-order valence-corrected chi connectivity index (χ3v) is 4.94. The van der Waals surface area contributed by atoms with Crippen molar-refractivity contribution in [1.82, 2.24) is 4.90 Å². The van der Waals surface area contributed by atoms with Crippen molar-refractivity contribution >= 4 is 16.5 Å². The normalized spacial score (nSPS) is 22.1. The van der Waals surface area contributed by atoms with Crippen LogP contribution >= 0.6 is 0 Å². The molecule has 2 N–H and O–H groups in total. The fraction of sp³-hybridized carbons (Fsp3) is 0.571. The van der Waals surface area contributed by atoms with Crippen LogP contribution < -0.4 is 5.73 Å². The topological polar surface area (TPSA) is 55.6 Å². The summed E-state index contributed by atoms with van der Waals surface area (Å²) in [4.78, 5) is 2.48.